The number of hydrogen-bond donors (Lipinski definition) is 2. The Hall–Kier alpha value is -0.560. The van der Waals surface area contributed by atoms with Crippen LogP contribution in [-0.4, -0.2) is 26.0 Å². The predicted octanol–water partition coefficient (Wildman–Crippen LogP) is 1.96. The Balaban J connectivity index is 2.75. The van der Waals surface area contributed by atoms with Crippen LogP contribution in [0.2, 0.25) is 0 Å². The lowest BCUT2D eigenvalue weighted by molar-refractivity contribution is 0.556. The van der Waals surface area contributed by atoms with Crippen molar-refractivity contribution in [3.8, 4) is 0 Å². The first kappa shape index (κ1) is 16.5. The Morgan fingerprint density at radius 2 is 2.05 bits per heavy atom. The zero-order valence-corrected chi connectivity index (χ0v) is 13.1. The van der Waals surface area contributed by atoms with Crippen LogP contribution in [0.3, 0.4) is 0 Å². The van der Waals surface area contributed by atoms with Gasteiger partial charge in [-0.3, -0.25) is 0 Å². The highest BCUT2D eigenvalue weighted by atomic mass is 32.2. The fraction of sp³-hybridized carbons (Fsp3) is 0.538. The molecule has 19 heavy (non-hydrogen) atoms. The normalized spacial score (nSPS) is 13.4. The molecule has 1 unspecified atom stereocenters. The highest BCUT2D eigenvalue weighted by molar-refractivity contribution is 7.99. The summed E-state index contributed by atoms with van der Waals surface area (Å²) in [5, 5.41) is 0. The van der Waals surface area contributed by atoms with Gasteiger partial charge in [0.25, 0.3) is 0 Å². The van der Waals surface area contributed by atoms with E-state index in [9.17, 15) is 8.42 Å². The van der Waals surface area contributed by atoms with Gasteiger partial charge in [0.2, 0.25) is 10.0 Å². The van der Waals surface area contributed by atoms with Crippen LogP contribution in [0.4, 0.5) is 0 Å². The molecular formula is C13H22N2O2S2. The minimum atomic E-state index is -3.48. The van der Waals surface area contributed by atoms with Crippen molar-refractivity contribution in [3.63, 3.8) is 0 Å². The summed E-state index contributed by atoms with van der Waals surface area (Å²) in [7, 11) is -3.48. The molecule has 0 saturated carbocycles. The lowest BCUT2D eigenvalue weighted by atomic mass is 10.2. The summed E-state index contributed by atoms with van der Waals surface area (Å²) in [5.41, 5.74) is 6.22. The van der Waals surface area contributed by atoms with Crippen molar-refractivity contribution in [1.82, 2.24) is 4.72 Å². The molecule has 3 N–H and O–H groups in total. The lowest BCUT2D eigenvalue weighted by Gasteiger charge is -2.15. The number of nitrogens with one attached hydrogen (secondary N) is 1. The number of benzene rings is 1. The van der Waals surface area contributed by atoms with Crippen LogP contribution in [0.15, 0.2) is 29.2 Å². The Morgan fingerprint density at radius 3 is 2.68 bits per heavy atom. The van der Waals surface area contributed by atoms with Gasteiger partial charge in [-0.15, -0.1) is 0 Å². The third kappa shape index (κ3) is 5.14. The molecule has 0 aliphatic carbocycles. The van der Waals surface area contributed by atoms with Crippen molar-refractivity contribution >= 4 is 21.8 Å². The van der Waals surface area contributed by atoms with E-state index in [0.29, 0.717) is 5.56 Å². The molecule has 108 valence electrons. The standard InChI is InChI=1S/C13H22N2O2S2/c1-3-18-9-8-11(2)15-19(16,17)13-7-5-4-6-12(13)10-14/h4-7,11,15H,3,8-10,14H2,1-2H3. The molecule has 1 aromatic carbocycles. The van der Waals surface area contributed by atoms with Crippen molar-refractivity contribution in [2.45, 2.75) is 37.8 Å². The number of hydrogen-bond acceptors (Lipinski definition) is 4. The van der Waals surface area contributed by atoms with E-state index in [2.05, 4.69) is 11.6 Å². The number of thioether (sulfide) groups is 1. The van der Waals surface area contributed by atoms with Crippen LogP contribution in [0.1, 0.15) is 25.8 Å². The SMILES string of the molecule is CCSCCC(C)NS(=O)(=O)c1ccccc1CN. The molecule has 0 radical (unpaired) electrons. The number of sulfonamides is 1. The predicted molar refractivity (Wildman–Crippen MR) is 81.7 cm³/mol. The van der Waals surface area contributed by atoms with Gasteiger partial charge in [-0.2, -0.15) is 11.8 Å². The zero-order chi connectivity index (χ0) is 14.3. The van der Waals surface area contributed by atoms with Gasteiger partial charge >= 0.3 is 0 Å². The van der Waals surface area contributed by atoms with Crippen molar-refractivity contribution in [3.05, 3.63) is 29.8 Å². The van der Waals surface area contributed by atoms with Crippen LogP contribution >= 0.6 is 11.8 Å². The average molecular weight is 302 g/mol. The smallest absolute Gasteiger partial charge is 0.241 e. The van der Waals surface area contributed by atoms with E-state index in [1.54, 1.807) is 24.3 Å². The van der Waals surface area contributed by atoms with Gasteiger partial charge in [0, 0.05) is 12.6 Å². The van der Waals surface area contributed by atoms with Crippen LogP contribution in [0.5, 0.6) is 0 Å². The highest BCUT2D eigenvalue weighted by Gasteiger charge is 2.19. The van der Waals surface area contributed by atoms with E-state index in [1.165, 1.54) is 0 Å². The average Bonchev–Trinajstić information content (AvgIpc) is 2.38. The van der Waals surface area contributed by atoms with Crippen LogP contribution in [0, 0.1) is 0 Å². The van der Waals surface area contributed by atoms with E-state index in [1.807, 2.05) is 18.7 Å². The Bertz CT molecular complexity index is 489. The fourth-order valence-electron chi connectivity index (χ4n) is 1.73. The molecule has 0 aliphatic rings. The maximum absolute atomic E-state index is 12.3. The summed E-state index contributed by atoms with van der Waals surface area (Å²) in [5.74, 6) is 2.01. The molecule has 1 aromatic rings. The van der Waals surface area contributed by atoms with Gasteiger partial charge in [0.15, 0.2) is 0 Å². The maximum Gasteiger partial charge on any atom is 0.241 e. The molecule has 0 bridgehead atoms. The van der Waals surface area contributed by atoms with E-state index in [0.717, 1.165) is 17.9 Å². The molecule has 4 nitrogen and oxygen atoms in total. The van der Waals surface area contributed by atoms with E-state index < -0.39 is 10.0 Å². The molecular weight excluding hydrogens is 280 g/mol. The molecule has 0 aliphatic heterocycles. The second kappa shape index (κ2) is 7.89. The largest absolute Gasteiger partial charge is 0.326 e. The van der Waals surface area contributed by atoms with Crippen molar-refractivity contribution in [2.75, 3.05) is 11.5 Å². The van der Waals surface area contributed by atoms with Crippen molar-refractivity contribution in [2.24, 2.45) is 5.73 Å². The maximum atomic E-state index is 12.3. The first-order chi connectivity index (χ1) is 9.01. The van der Waals surface area contributed by atoms with E-state index >= 15 is 0 Å². The highest BCUT2D eigenvalue weighted by Crippen LogP contribution is 2.16. The van der Waals surface area contributed by atoms with Gasteiger partial charge in [0.05, 0.1) is 4.90 Å². The Labute approximate surface area is 120 Å². The summed E-state index contributed by atoms with van der Waals surface area (Å²) < 4.78 is 27.3. The molecule has 0 spiro atoms. The lowest BCUT2D eigenvalue weighted by Crippen LogP contribution is -2.33. The molecule has 0 amide bonds. The van der Waals surface area contributed by atoms with Crippen LogP contribution < -0.4 is 10.5 Å². The van der Waals surface area contributed by atoms with Crippen LogP contribution in [-0.2, 0) is 16.6 Å². The Kier molecular flexibility index (Phi) is 6.85. The van der Waals surface area contributed by atoms with E-state index in [-0.39, 0.29) is 17.5 Å². The summed E-state index contributed by atoms with van der Waals surface area (Å²) in [4.78, 5) is 0.285. The third-order valence-corrected chi connectivity index (χ3v) is 5.36. The van der Waals surface area contributed by atoms with Crippen molar-refractivity contribution in [1.29, 1.82) is 0 Å². The molecule has 0 aromatic heterocycles. The summed E-state index contributed by atoms with van der Waals surface area (Å²) in [6, 6.07) is 6.77. The Morgan fingerprint density at radius 1 is 1.37 bits per heavy atom. The first-order valence-electron chi connectivity index (χ1n) is 6.39. The van der Waals surface area contributed by atoms with Gasteiger partial charge in [-0.1, -0.05) is 25.1 Å². The third-order valence-electron chi connectivity index (χ3n) is 2.74. The quantitative estimate of drug-likeness (QED) is 0.720. The second-order valence-electron chi connectivity index (χ2n) is 4.32. The van der Waals surface area contributed by atoms with Crippen molar-refractivity contribution < 1.29 is 8.42 Å². The first-order valence-corrected chi connectivity index (χ1v) is 9.03. The molecule has 1 rings (SSSR count). The molecule has 0 heterocycles. The molecule has 0 saturated heterocycles. The number of rotatable bonds is 8. The van der Waals surface area contributed by atoms with E-state index in [4.69, 9.17) is 5.73 Å². The summed E-state index contributed by atoms with van der Waals surface area (Å²) >= 11 is 1.81. The minimum Gasteiger partial charge on any atom is -0.326 e. The van der Waals surface area contributed by atoms with Gasteiger partial charge < -0.3 is 5.73 Å². The fourth-order valence-corrected chi connectivity index (χ4v) is 4.06. The number of nitrogens with two attached hydrogens (primary N) is 1. The zero-order valence-electron chi connectivity index (χ0n) is 11.4. The monoisotopic (exact) mass is 302 g/mol. The molecule has 1 atom stereocenters. The topological polar surface area (TPSA) is 72.2 Å². The molecule has 0 fully saturated rings. The van der Waals surface area contributed by atoms with Crippen LogP contribution in [0.25, 0.3) is 0 Å². The summed E-state index contributed by atoms with van der Waals surface area (Å²) in [6.07, 6.45) is 0.822. The summed E-state index contributed by atoms with van der Waals surface area (Å²) in [6.45, 7) is 4.20. The minimum absolute atomic E-state index is 0.0742. The van der Waals surface area contributed by atoms with Gasteiger partial charge in [0.1, 0.15) is 0 Å². The van der Waals surface area contributed by atoms with Gasteiger partial charge in [-0.25, -0.2) is 13.1 Å². The molecule has 6 heteroatoms. The second-order valence-corrected chi connectivity index (χ2v) is 7.40. The van der Waals surface area contributed by atoms with Gasteiger partial charge in [-0.05, 0) is 36.5 Å².